The SMILES string of the molecule is CN1CCC(C(=O)N[C@@H]2CCCC[C@H]2NC(=O)c2ccccc2)CC1. The zero-order valence-corrected chi connectivity index (χ0v) is 15.0. The van der Waals surface area contributed by atoms with Gasteiger partial charge in [-0.2, -0.15) is 0 Å². The standard InChI is InChI=1S/C20H29N3O2/c1-23-13-11-16(12-14-23)20(25)22-18-10-6-5-9-17(18)21-19(24)15-7-3-2-4-8-15/h2-4,7-8,16-18H,5-6,9-14H2,1H3,(H,21,24)(H,22,25)/t17-,18-/m1/s1. The maximum Gasteiger partial charge on any atom is 0.251 e. The first-order valence-electron chi connectivity index (χ1n) is 9.48. The largest absolute Gasteiger partial charge is 0.351 e. The van der Waals surface area contributed by atoms with Gasteiger partial charge in [0.15, 0.2) is 0 Å². The summed E-state index contributed by atoms with van der Waals surface area (Å²) in [6.07, 6.45) is 5.93. The molecule has 0 aromatic heterocycles. The van der Waals surface area contributed by atoms with E-state index in [0.717, 1.165) is 51.6 Å². The number of amides is 2. The first-order chi connectivity index (χ1) is 12.1. The molecule has 2 aliphatic rings. The minimum atomic E-state index is -0.0500. The molecule has 1 saturated carbocycles. The Balaban J connectivity index is 1.57. The Hall–Kier alpha value is -1.88. The van der Waals surface area contributed by atoms with Gasteiger partial charge in [-0.1, -0.05) is 31.0 Å². The molecule has 0 radical (unpaired) electrons. The van der Waals surface area contributed by atoms with Crippen LogP contribution in [0.25, 0.3) is 0 Å². The van der Waals surface area contributed by atoms with Crippen molar-refractivity contribution in [1.29, 1.82) is 0 Å². The van der Waals surface area contributed by atoms with Gasteiger partial charge in [0.2, 0.25) is 5.91 Å². The molecule has 5 nitrogen and oxygen atoms in total. The molecule has 0 unspecified atom stereocenters. The van der Waals surface area contributed by atoms with E-state index in [1.165, 1.54) is 0 Å². The third-order valence-electron chi connectivity index (χ3n) is 5.54. The summed E-state index contributed by atoms with van der Waals surface area (Å²) in [5.74, 6) is 0.230. The lowest BCUT2D eigenvalue weighted by atomic mass is 9.88. The van der Waals surface area contributed by atoms with Gasteiger partial charge in [-0.05, 0) is 58.0 Å². The van der Waals surface area contributed by atoms with Crippen LogP contribution in [0.3, 0.4) is 0 Å². The Labute approximate surface area is 150 Å². The molecule has 1 aromatic rings. The molecule has 1 aliphatic heterocycles. The maximum absolute atomic E-state index is 12.6. The van der Waals surface area contributed by atoms with Crippen LogP contribution >= 0.6 is 0 Å². The van der Waals surface area contributed by atoms with Crippen molar-refractivity contribution in [2.75, 3.05) is 20.1 Å². The lowest BCUT2D eigenvalue weighted by Crippen LogP contribution is -2.54. The van der Waals surface area contributed by atoms with Crippen molar-refractivity contribution >= 4 is 11.8 Å². The lowest BCUT2D eigenvalue weighted by molar-refractivity contribution is -0.127. The van der Waals surface area contributed by atoms with Crippen LogP contribution in [-0.2, 0) is 4.79 Å². The smallest absolute Gasteiger partial charge is 0.251 e. The molecule has 3 rings (SSSR count). The highest BCUT2D eigenvalue weighted by Crippen LogP contribution is 2.21. The van der Waals surface area contributed by atoms with Gasteiger partial charge in [-0.25, -0.2) is 0 Å². The van der Waals surface area contributed by atoms with E-state index in [-0.39, 0.29) is 29.8 Å². The monoisotopic (exact) mass is 343 g/mol. The zero-order valence-electron chi connectivity index (χ0n) is 15.0. The fraction of sp³-hybridized carbons (Fsp3) is 0.600. The number of rotatable bonds is 4. The molecule has 2 N–H and O–H groups in total. The fourth-order valence-electron chi connectivity index (χ4n) is 3.89. The van der Waals surface area contributed by atoms with E-state index in [9.17, 15) is 9.59 Å². The van der Waals surface area contributed by atoms with Gasteiger partial charge in [0, 0.05) is 23.6 Å². The minimum Gasteiger partial charge on any atom is -0.351 e. The van der Waals surface area contributed by atoms with E-state index < -0.39 is 0 Å². The summed E-state index contributed by atoms with van der Waals surface area (Å²) in [6, 6.07) is 9.37. The number of carbonyl (C=O) groups excluding carboxylic acids is 2. The molecule has 1 saturated heterocycles. The van der Waals surface area contributed by atoms with Crippen LogP contribution < -0.4 is 10.6 Å². The second-order valence-corrected chi connectivity index (χ2v) is 7.42. The normalized spacial score (nSPS) is 25.3. The number of benzene rings is 1. The molecule has 2 fully saturated rings. The third-order valence-corrected chi connectivity index (χ3v) is 5.54. The lowest BCUT2D eigenvalue weighted by Gasteiger charge is -2.35. The zero-order chi connectivity index (χ0) is 17.6. The summed E-state index contributed by atoms with van der Waals surface area (Å²) in [6.45, 7) is 1.97. The topological polar surface area (TPSA) is 61.4 Å². The molecule has 0 bridgehead atoms. The van der Waals surface area contributed by atoms with Crippen LogP contribution in [-0.4, -0.2) is 48.9 Å². The van der Waals surface area contributed by atoms with E-state index in [0.29, 0.717) is 5.56 Å². The Bertz CT molecular complexity index is 582. The predicted molar refractivity (Wildman–Crippen MR) is 98.3 cm³/mol. The van der Waals surface area contributed by atoms with Crippen molar-refractivity contribution in [1.82, 2.24) is 15.5 Å². The Morgan fingerprint density at radius 1 is 0.920 bits per heavy atom. The van der Waals surface area contributed by atoms with Gasteiger partial charge >= 0.3 is 0 Å². The highest BCUT2D eigenvalue weighted by Gasteiger charge is 2.31. The summed E-state index contributed by atoms with van der Waals surface area (Å²) >= 11 is 0. The van der Waals surface area contributed by atoms with E-state index in [4.69, 9.17) is 0 Å². The molecule has 1 aliphatic carbocycles. The van der Waals surface area contributed by atoms with Crippen LogP contribution in [0.1, 0.15) is 48.9 Å². The minimum absolute atomic E-state index is 0.0247. The van der Waals surface area contributed by atoms with Gasteiger partial charge in [0.25, 0.3) is 5.91 Å². The molecular formula is C20H29N3O2. The number of likely N-dealkylation sites (tertiary alicyclic amines) is 1. The van der Waals surface area contributed by atoms with E-state index in [1.54, 1.807) is 0 Å². The number of carbonyl (C=O) groups is 2. The van der Waals surface area contributed by atoms with Gasteiger partial charge in [0.1, 0.15) is 0 Å². The molecule has 136 valence electrons. The van der Waals surface area contributed by atoms with Crippen molar-refractivity contribution in [3.63, 3.8) is 0 Å². The first kappa shape index (κ1) is 17.9. The van der Waals surface area contributed by atoms with Gasteiger partial charge in [-0.3, -0.25) is 9.59 Å². The van der Waals surface area contributed by atoms with E-state index in [1.807, 2.05) is 30.3 Å². The fourth-order valence-corrected chi connectivity index (χ4v) is 3.89. The van der Waals surface area contributed by atoms with Crippen molar-refractivity contribution in [3.8, 4) is 0 Å². The predicted octanol–water partition coefficient (Wildman–Crippen LogP) is 2.19. The summed E-state index contributed by atoms with van der Waals surface area (Å²) in [5, 5.41) is 6.38. The van der Waals surface area contributed by atoms with Crippen molar-refractivity contribution in [3.05, 3.63) is 35.9 Å². The number of hydrogen-bond acceptors (Lipinski definition) is 3. The number of hydrogen-bond donors (Lipinski definition) is 2. The Kier molecular flexibility index (Phi) is 6.08. The molecule has 5 heteroatoms. The number of piperidine rings is 1. The Morgan fingerprint density at radius 3 is 2.16 bits per heavy atom. The average molecular weight is 343 g/mol. The maximum atomic E-state index is 12.6. The van der Waals surface area contributed by atoms with E-state index in [2.05, 4.69) is 22.6 Å². The van der Waals surface area contributed by atoms with Crippen LogP contribution in [0.5, 0.6) is 0 Å². The third kappa shape index (κ3) is 4.82. The van der Waals surface area contributed by atoms with Gasteiger partial charge < -0.3 is 15.5 Å². The van der Waals surface area contributed by atoms with Gasteiger partial charge in [0.05, 0.1) is 0 Å². The molecular weight excluding hydrogens is 314 g/mol. The molecule has 0 spiro atoms. The van der Waals surface area contributed by atoms with Crippen molar-refractivity contribution in [2.24, 2.45) is 5.92 Å². The second-order valence-electron chi connectivity index (χ2n) is 7.42. The molecule has 1 heterocycles. The van der Waals surface area contributed by atoms with Crippen molar-refractivity contribution < 1.29 is 9.59 Å². The van der Waals surface area contributed by atoms with Crippen LogP contribution in [0.2, 0.25) is 0 Å². The van der Waals surface area contributed by atoms with Crippen LogP contribution in [0, 0.1) is 5.92 Å². The van der Waals surface area contributed by atoms with Crippen molar-refractivity contribution in [2.45, 2.75) is 50.6 Å². The average Bonchev–Trinajstić information content (AvgIpc) is 2.64. The van der Waals surface area contributed by atoms with Crippen LogP contribution in [0.15, 0.2) is 30.3 Å². The first-order valence-corrected chi connectivity index (χ1v) is 9.48. The second kappa shape index (κ2) is 8.48. The summed E-state index contributed by atoms with van der Waals surface area (Å²) in [5.41, 5.74) is 0.675. The van der Waals surface area contributed by atoms with Gasteiger partial charge in [-0.15, -0.1) is 0 Å². The molecule has 2 atom stereocenters. The molecule has 25 heavy (non-hydrogen) atoms. The highest BCUT2D eigenvalue weighted by atomic mass is 16.2. The summed E-state index contributed by atoms with van der Waals surface area (Å²) in [7, 11) is 2.10. The summed E-state index contributed by atoms with van der Waals surface area (Å²) < 4.78 is 0. The molecule has 1 aromatic carbocycles. The number of nitrogens with one attached hydrogen (secondary N) is 2. The van der Waals surface area contributed by atoms with Crippen LogP contribution in [0.4, 0.5) is 0 Å². The van der Waals surface area contributed by atoms with E-state index >= 15 is 0 Å². The summed E-state index contributed by atoms with van der Waals surface area (Å²) in [4.78, 5) is 27.4. The highest BCUT2D eigenvalue weighted by molar-refractivity contribution is 5.94. The quantitative estimate of drug-likeness (QED) is 0.881. The Morgan fingerprint density at radius 2 is 1.52 bits per heavy atom. The molecule has 2 amide bonds. The number of nitrogens with zero attached hydrogens (tertiary/aromatic N) is 1.